The summed E-state index contributed by atoms with van der Waals surface area (Å²) in [6.45, 7) is 5.25. The summed E-state index contributed by atoms with van der Waals surface area (Å²) in [5.41, 5.74) is 2.28. The Morgan fingerprint density at radius 3 is 2.57 bits per heavy atom. The zero-order valence-corrected chi connectivity index (χ0v) is 12.8. The van der Waals surface area contributed by atoms with Crippen molar-refractivity contribution in [3.05, 3.63) is 36.0 Å². The minimum Gasteiger partial charge on any atom is -0.369 e. The van der Waals surface area contributed by atoms with Crippen LogP contribution in [0, 0.1) is 0 Å². The number of nitrogens with one attached hydrogen (secondary N) is 2. The Bertz CT molecular complexity index is 539. The molecule has 0 unspecified atom stereocenters. The fourth-order valence-corrected chi connectivity index (χ4v) is 1.99. The van der Waals surface area contributed by atoms with E-state index in [-0.39, 0.29) is 0 Å². The van der Waals surface area contributed by atoms with E-state index in [0.29, 0.717) is 5.95 Å². The molecule has 0 fully saturated rings. The van der Waals surface area contributed by atoms with Crippen LogP contribution in [0.3, 0.4) is 0 Å². The van der Waals surface area contributed by atoms with Crippen LogP contribution >= 0.6 is 0 Å². The fourth-order valence-electron chi connectivity index (χ4n) is 1.99. The molecule has 2 rings (SSSR count). The summed E-state index contributed by atoms with van der Waals surface area (Å²) in [5.74, 6) is 1.27. The van der Waals surface area contributed by atoms with Crippen molar-refractivity contribution in [3.63, 3.8) is 0 Å². The zero-order valence-electron chi connectivity index (χ0n) is 12.8. The van der Waals surface area contributed by atoms with Crippen molar-refractivity contribution in [1.82, 2.24) is 15.2 Å². The molecule has 2 aromatic rings. The maximum atomic E-state index is 4.41. The first kappa shape index (κ1) is 15.2. The third kappa shape index (κ3) is 5.02. The Labute approximate surface area is 126 Å². The minimum absolute atomic E-state index is 0.514. The van der Waals surface area contributed by atoms with Gasteiger partial charge in [0.25, 0.3) is 0 Å². The molecule has 0 aliphatic rings. The van der Waals surface area contributed by atoms with Crippen LogP contribution in [-0.2, 0) is 6.42 Å². The van der Waals surface area contributed by atoms with Crippen molar-refractivity contribution in [1.29, 1.82) is 0 Å². The van der Waals surface area contributed by atoms with E-state index < -0.39 is 0 Å². The number of unbranched alkanes of at least 4 members (excludes halogenated alkanes) is 2. The Hall–Kier alpha value is -2.17. The highest BCUT2D eigenvalue weighted by atomic mass is 15.3. The summed E-state index contributed by atoms with van der Waals surface area (Å²) in [6.07, 6.45) is 6.26. The van der Waals surface area contributed by atoms with E-state index in [4.69, 9.17) is 0 Å². The lowest BCUT2D eigenvalue weighted by Gasteiger charge is -2.07. The molecule has 0 atom stereocenters. The van der Waals surface area contributed by atoms with Crippen molar-refractivity contribution >= 4 is 17.5 Å². The average molecular weight is 285 g/mol. The summed E-state index contributed by atoms with van der Waals surface area (Å²) in [4.78, 5) is 4.41. The molecular weight excluding hydrogens is 262 g/mol. The lowest BCUT2D eigenvalue weighted by Crippen LogP contribution is -2.06. The number of benzene rings is 1. The SMILES string of the molecule is CCCCCNc1cnnc(Nc2ccc(CC)cc2)n1. The monoisotopic (exact) mass is 285 g/mol. The van der Waals surface area contributed by atoms with Crippen molar-refractivity contribution in [3.8, 4) is 0 Å². The third-order valence-corrected chi connectivity index (χ3v) is 3.26. The second-order valence-electron chi connectivity index (χ2n) is 4.97. The molecule has 0 aliphatic heterocycles. The molecular formula is C16H23N5. The van der Waals surface area contributed by atoms with E-state index >= 15 is 0 Å². The van der Waals surface area contributed by atoms with Crippen molar-refractivity contribution in [2.45, 2.75) is 39.5 Å². The van der Waals surface area contributed by atoms with Crippen LogP contribution < -0.4 is 10.6 Å². The van der Waals surface area contributed by atoms with Crippen molar-refractivity contribution in [2.24, 2.45) is 0 Å². The molecule has 5 heteroatoms. The molecule has 0 bridgehead atoms. The predicted octanol–water partition coefficient (Wildman–Crippen LogP) is 3.78. The van der Waals surface area contributed by atoms with Crippen LogP contribution in [-0.4, -0.2) is 21.7 Å². The summed E-state index contributed by atoms with van der Waals surface area (Å²) in [6, 6.07) is 8.26. The molecule has 21 heavy (non-hydrogen) atoms. The molecule has 1 aromatic carbocycles. The van der Waals surface area contributed by atoms with Crippen LogP contribution in [0.5, 0.6) is 0 Å². The van der Waals surface area contributed by atoms with Gasteiger partial charge in [-0.3, -0.25) is 0 Å². The molecule has 0 radical (unpaired) electrons. The van der Waals surface area contributed by atoms with Crippen LogP contribution in [0.1, 0.15) is 38.7 Å². The van der Waals surface area contributed by atoms with Gasteiger partial charge in [0.15, 0.2) is 5.82 Å². The van der Waals surface area contributed by atoms with E-state index in [1.807, 2.05) is 12.1 Å². The van der Waals surface area contributed by atoms with Crippen molar-refractivity contribution in [2.75, 3.05) is 17.2 Å². The summed E-state index contributed by atoms with van der Waals surface area (Å²) >= 11 is 0. The highest BCUT2D eigenvalue weighted by Crippen LogP contribution is 2.14. The van der Waals surface area contributed by atoms with E-state index in [1.165, 1.54) is 18.4 Å². The molecule has 0 spiro atoms. The number of nitrogens with zero attached hydrogens (tertiary/aromatic N) is 3. The standard InChI is InChI=1S/C16H23N5/c1-3-5-6-11-17-15-12-18-21-16(20-15)19-14-9-7-13(4-2)8-10-14/h7-10,12H,3-6,11H2,1-2H3,(H2,17,19,20,21). The Morgan fingerprint density at radius 1 is 1.05 bits per heavy atom. The highest BCUT2D eigenvalue weighted by molar-refractivity contribution is 5.54. The first-order chi connectivity index (χ1) is 10.3. The van der Waals surface area contributed by atoms with Gasteiger partial charge in [0.2, 0.25) is 5.95 Å². The van der Waals surface area contributed by atoms with E-state index in [0.717, 1.165) is 30.9 Å². The third-order valence-electron chi connectivity index (χ3n) is 3.26. The minimum atomic E-state index is 0.514. The highest BCUT2D eigenvalue weighted by Gasteiger charge is 2.01. The van der Waals surface area contributed by atoms with E-state index in [1.54, 1.807) is 6.20 Å². The topological polar surface area (TPSA) is 62.7 Å². The van der Waals surface area contributed by atoms with Gasteiger partial charge in [-0.1, -0.05) is 38.8 Å². The lowest BCUT2D eigenvalue weighted by molar-refractivity contribution is 0.741. The van der Waals surface area contributed by atoms with Gasteiger partial charge in [-0.15, -0.1) is 5.10 Å². The van der Waals surface area contributed by atoms with Gasteiger partial charge in [-0.2, -0.15) is 10.1 Å². The van der Waals surface area contributed by atoms with Crippen molar-refractivity contribution < 1.29 is 0 Å². The Kier molecular flexibility index (Phi) is 5.94. The fraction of sp³-hybridized carbons (Fsp3) is 0.438. The van der Waals surface area contributed by atoms with Gasteiger partial charge < -0.3 is 10.6 Å². The van der Waals surface area contributed by atoms with Gasteiger partial charge >= 0.3 is 0 Å². The lowest BCUT2D eigenvalue weighted by atomic mass is 10.1. The number of aromatic nitrogens is 3. The first-order valence-electron chi connectivity index (χ1n) is 7.61. The average Bonchev–Trinajstić information content (AvgIpc) is 2.53. The molecule has 5 nitrogen and oxygen atoms in total. The van der Waals surface area contributed by atoms with E-state index in [9.17, 15) is 0 Å². The van der Waals surface area contributed by atoms with Crippen LogP contribution in [0.25, 0.3) is 0 Å². The molecule has 0 saturated carbocycles. The number of rotatable bonds is 8. The quantitative estimate of drug-likeness (QED) is 0.723. The predicted molar refractivity (Wildman–Crippen MR) is 86.9 cm³/mol. The summed E-state index contributed by atoms with van der Waals surface area (Å²) in [5, 5.41) is 14.4. The Morgan fingerprint density at radius 2 is 1.86 bits per heavy atom. The van der Waals surface area contributed by atoms with Crippen LogP contribution in [0.2, 0.25) is 0 Å². The number of aryl methyl sites for hydroxylation is 1. The molecule has 1 aromatic heterocycles. The van der Waals surface area contributed by atoms with Gasteiger partial charge in [-0.25, -0.2) is 0 Å². The normalized spacial score (nSPS) is 10.4. The van der Waals surface area contributed by atoms with Crippen LogP contribution in [0.15, 0.2) is 30.5 Å². The molecule has 1 heterocycles. The second-order valence-corrected chi connectivity index (χ2v) is 4.97. The molecule has 0 amide bonds. The molecule has 112 valence electrons. The van der Waals surface area contributed by atoms with E-state index in [2.05, 4.69) is 51.8 Å². The largest absolute Gasteiger partial charge is 0.369 e. The van der Waals surface area contributed by atoms with Crippen LogP contribution in [0.4, 0.5) is 17.5 Å². The summed E-state index contributed by atoms with van der Waals surface area (Å²) < 4.78 is 0. The maximum absolute atomic E-state index is 4.41. The first-order valence-corrected chi connectivity index (χ1v) is 7.61. The van der Waals surface area contributed by atoms with Gasteiger partial charge in [0, 0.05) is 12.2 Å². The number of hydrogen-bond acceptors (Lipinski definition) is 5. The number of hydrogen-bond donors (Lipinski definition) is 2. The Balaban J connectivity index is 1.93. The summed E-state index contributed by atoms with van der Waals surface area (Å²) in [7, 11) is 0. The molecule has 0 aliphatic carbocycles. The van der Waals surface area contributed by atoms with Gasteiger partial charge in [-0.05, 0) is 30.5 Å². The molecule has 2 N–H and O–H groups in total. The maximum Gasteiger partial charge on any atom is 0.249 e. The van der Waals surface area contributed by atoms with Gasteiger partial charge in [0.1, 0.15) is 0 Å². The second kappa shape index (κ2) is 8.19. The van der Waals surface area contributed by atoms with Gasteiger partial charge in [0.05, 0.1) is 6.20 Å². The molecule has 0 saturated heterocycles. The number of anilines is 3. The smallest absolute Gasteiger partial charge is 0.249 e. The zero-order chi connectivity index (χ0) is 14.9.